The van der Waals surface area contributed by atoms with E-state index in [9.17, 15) is 8.78 Å². The van der Waals surface area contributed by atoms with E-state index in [1.54, 1.807) is 13.1 Å². The predicted molar refractivity (Wildman–Crippen MR) is 80.4 cm³/mol. The van der Waals surface area contributed by atoms with Gasteiger partial charge in [0.1, 0.15) is 17.1 Å². The predicted octanol–water partition coefficient (Wildman–Crippen LogP) is 3.45. The number of anilines is 1. The summed E-state index contributed by atoms with van der Waals surface area (Å²) in [5.41, 5.74) is 1.06. The molecule has 1 saturated heterocycles. The van der Waals surface area contributed by atoms with E-state index in [2.05, 4.69) is 15.0 Å². The Bertz CT molecular complexity index is 754. The molecule has 1 aliphatic carbocycles. The highest BCUT2D eigenvalue weighted by atomic mass is 35.5. The first-order valence-corrected chi connectivity index (χ1v) is 7.85. The van der Waals surface area contributed by atoms with E-state index >= 15 is 0 Å². The molecule has 7 heteroatoms. The molecule has 0 aromatic carbocycles. The summed E-state index contributed by atoms with van der Waals surface area (Å²) in [7, 11) is 0. The highest BCUT2D eigenvalue weighted by Crippen LogP contribution is 2.47. The second-order valence-corrected chi connectivity index (χ2v) is 6.40. The molecule has 3 heterocycles. The summed E-state index contributed by atoms with van der Waals surface area (Å²) in [5, 5.41) is 0.920. The smallest absolute Gasteiger partial charge is 0.311 e. The van der Waals surface area contributed by atoms with Crippen LogP contribution in [0.2, 0.25) is 5.15 Å². The van der Waals surface area contributed by atoms with E-state index in [0.717, 1.165) is 19.3 Å². The first-order chi connectivity index (χ1) is 10.6. The van der Waals surface area contributed by atoms with Crippen LogP contribution in [0.4, 0.5) is 14.6 Å². The fourth-order valence-electron chi connectivity index (χ4n) is 3.48. The zero-order valence-electron chi connectivity index (χ0n) is 12.1. The fourth-order valence-corrected chi connectivity index (χ4v) is 3.62. The SMILES string of the molecule is Cc1c(Cl)ncc2c(N3CCCC[C@H]4[C@H](F)[C@H]43)nc(F)nc12. The Morgan fingerprint density at radius 3 is 2.95 bits per heavy atom. The number of hydrogen-bond donors (Lipinski definition) is 0. The van der Waals surface area contributed by atoms with Crippen LogP contribution in [0.5, 0.6) is 0 Å². The largest absolute Gasteiger partial charge is 0.350 e. The molecular formula is C15H15ClF2N4. The third kappa shape index (κ3) is 2.04. The zero-order chi connectivity index (χ0) is 15.4. The number of hydrogen-bond acceptors (Lipinski definition) is 4. The van der Waals surface area contributed by atoms with Crippen LogP contribution in [0.1, 0.15) is 24.8 Å². The van der Waals surface area contributed by atoms with Gasteiger partial charge >= 0.3 is 6.08 Å². The molecule has 1 saturated carbocycles. The Morgan fingerprint density at radius 1 is 1.32 bits per heavy atom. The minimum atomic E-state index is -0.852. The van der Waals surface area contributed by atoms with E-state index in [-0.39, 0.29) is 12.0 Å². The molecular weight excluding hydrogens is 310 g/mol. The average Bonchev–Trinajstić information content (AvgIpc) is 3.18. The molecule has 2 fully saturated rings. The van der Waals surface area contributed by atoms with Crippen LogP contribution in [0.25, 0.3) is 10.9 Å². The molecule has 4 rings (SSSR count). The minimum absolute atomic E-state index is 0.0388. The van der Waals surface area contributed by atoms with E-state index in [4.69, 9.17) is 11.6 Å². The molecule has 2 aromatic rings. The van der Waals surface area contributed by atoms with Gasteiger partial charge in [-0.25, -0.2) is 14.4 Å². The molecule has 0 unspecified atom stereocenters. The first kappa shape index (κ1) is 14.1. The van der Waals surface area contributed by atoms with Crippen LogP contribution in [0, 0.1) is 18.9 Å². The van der Waals surface area contributed by atoms with Crippen molar-refractivity contribution in [2.45, 2.75) is 38.4 Å². The van der Waals surface area contributed by atoms with Crippen molar-refractivity contribution in [3.63, 3.8) is 0 Å². The van der Waals surface area contributed by atoms with Crippen LogP contribution in [-0.4, -0.2) is 33.7 Å². The Balaban J connectivity index is 1.89. The second-order valence-electron chi connectivity index (χ2n) is 6.04. The van der Waals surface area contributed by atoms with Gasteiger partial charge < -0.3 is 4.90 Å². The Kier molecular flexibility index (Phi) is 3.18. The first-order valence-electron chi connectivity index (χ1n) is 7.47. The van der Waals surface area contributed by atoms with E-state index in [0.29, 0.717) is 34.0 Å². The number of alkyl halides is 1. The van der Waals surface area contributed by atoms with Gasteiger partial charge in [0, 0.05) is 24.2 Å². The van der Waals surface area contributed by atoms with Crippen molar-refractivity contribution < 1.29 is 8.78 Å². The lowest BCUT2D eigenvalue weighted by molar-refractivity contribution is 0.419. The molecule has 0 spiro atoms. The van der Waals surface area contributed by atoms with Gasteiger partial charge in [-0.15, -0.1) is 0 Å². The van der Waals surface area contributed by atoms with Crippen molar-refractivity contribution in [1.29, 1.82) is 0 Å². The molecule has 0 bridgehead atoms. The molecule has 4 nitrogen and oxygen atoms in total. The maximum Gasteiger partial charge on any atom is 0.311 e. The summed E-state index contributed by atoms with van der Waals surface area (Å²) >= 11 is 6.00. The fraction of sp³-hybridized carbons (Fsp3) is 0.533. The van der Waals surface area contributed by atoms with E-state index in [1.165, 1.54) is 0 Å². The Labute approximate surface area is 131 Å². The number of rotatable bonds is 1. The summed E-state index contributed by atoms with van der Waals surface area (Å²) in [6, 6.07) is -0.198. The van der Waals surface area contributed by atoms with E-state index in [1.807, 2.05) is 4.90 Å². The second kappa shape index (κ2) is 4.98. The van der Waals surface area contributed by atoms with Crippen molar-refractivity contribution >= 4 is 28.3 Å². The summed E-state index contributed by atoms with van der Waals surface area (Å²) in [5.74, 6) is 0.476. The van der Waals surface area contributed by atoms with Crippen LogP contribution < -0.4 is 4.90 Å². The van der Waals surface area contributed by atoms with Gasteiger partial charge in [-0.05, 0) is 19.8 Å². The van der Waals surface area contributed by atoms with Crippen LogP contribution >= 0.6 is 11.6 Å². The topological polar surface area (TPSA) is 41.9 Å². The van der Waals surface area contributed by atoms with Crippen LogP contribution in [0.15, 0.2) is 6.20 Å². The summed E-state index contributed by atoms with van der Waals surface area (Å²) < 4.78 is 27.9. The lowest BCUT2D eigenvalue weighted by atomic mass is 10.2. The average molecular weight is 325 g/mol. The van der Waals surface area contributed by atoms with Gasteiger partial charge in [0.15, 0.2) is 0 Å². The molecule has 22 heavy (non-hydrogen) atoms. The molecule has 0 amide bonds. The lowest BCUT2D eigenvalue weighted by Crippen LogP contribution is -2.30. The highest BCUT2D eigenvalue weighted by molar-refractivity contribution is 6.31. The molecule has 0 N–H and O–H groups in total. The van der Waals surface area contributed by atoms with Crippen molar-refractivity contribution in [2.24, 2.45) is 5.92 Å². The number of halogens is 3. The number of nitrogens with zero attached hydrogens (tertiary/aromatic N) is 4. The minimum Gasteiger partial charge on any atom is -0.350 e. The Hall–Kier alpha value is -1.56. The molecule has 2 aromatic heterocycles. The number of aryl methyl sites for hydroxylation is 1. The number of aromatic nitrogens is 3. The molecule has 116 valence electrons. The lowest BCUT2D eigenvalue weighted by Gasteiger charge is -2.24. The quantitative estimate of drug-likeness (QED) is 0.595. The van der Waals surface area contributed by atoms with Crippen LogP contribution in [0.3, 0.4) is 0 Å². The summed E-state index contributed by atoms with van der Waals surface area (Å²) in [4.78, 5) is 13.8. The monoisotopic (exact) mass is 324 g/mol. The van der Waals surface area contributed by atoms with Gasteiger partial charge in [-0.3, -0.25) is 0 Å². The van der Waals surface area contributed by atoms with Crippen molar-refractivity contribution in [3.05, 3.63) is 23.0 Å². The molecule has 0 radical (unpaired) electrons. The van der Waals surface area contributed by atoms with Crippen LogP contribution in [-0.2, 0) is 0 Å². The van der Waals surface area contributed by atoms with Crippen molar-refractivity contribution in [3.8, 4) is 0 Å². The van der Waals surface area contributed by atoms with Gasteiger partial charge in [-0.2, -0.15) is 9.37 Å². The molecule has 1 aliphatic heterocycles. The normalized spacial score (nSPS) is 27.6. The summed E-state index contributed by atoms with van der Waals surface area (Å²) in [6.45, 7) is 2.42. The number of pyridine rings is 1. The molecule has 2 aliphatic rings. The van der Waals surface area contributed by atoms with Crippen molar-refractivity contribution in [1.82, 2.24) is 15.0 Å². The standard InChI is InChI=1S/C15H15ClF2N4/c1-7-11-9(6-19-13(7)16)14(21-15(18)20-11)22-5-3-2-4-8-10(17)12(8)22/h6,8,10,12H,2-5H2,1H3/t8-,10-,12-/m0/s1. The van der Waals surface area contributed by atoms with Gasteiger partial charge in [0.2, 0.25) is 0 Å². The Morgan fingerprint density at radius 2 is 2.14 bits per heavy atom. The maximum absolute atomic E-state index is 14.0. The van der Waals surface area contributed by atoms with E-state index < -0.39 is 12.2 Å². The number of fused-ring (bicyclic) bond motifs is 2. The molecule has 3 atom stereocenters. The maximum atomic E-state index is 14.0. The van der Waals surface area contributed by atoms with Gasteiger partial charge in [0.05, 0.1) is 16.9 Å². The third-order valence-electron chi connectivity index (χ3n) is 4.72. The third-order valence-corrected chi connectivity index (χ3v) is 5.10. The van der Waals surface area contributed by atoms with Gasteiger partial charge in [-0.1, -0.05) is 18.0 Å². The summed E-state index contributed by atoms with van der Waals surface area (Å²) in [6.07, 6.45) is 2.71. The van der Waals surface area contributed by atoms with Gasteiger partial charge in [0.25, 0.3) is 0 Å². The van der Waals surface area contributed by atoms with Crippen molar-refractivity contribution in [2.75, 3.05) is 11.4 Å². The zero-order valence-corrected chi connectivity index (χ0v) is 12.8. The highest BCUT2D eigenvalue weighted by Gasteiger charge is 2.55.